The highest BCUT2D eigenvalue weighted by atomic mass is 16.5. The highest BCUT2D eigenvalue weighted by Gasteiger charge is 2.28. The van der Waals surface area contributed by atoms with Crippen LogP contribution in [-0.4, -0.2) is 68.3 Å². The lowest BCUT2D eigenvalue weighted by molar-refractivity contribution is 0.0184. The summed E-state index contributed by atoms with van der Waals surface area (Å²) >= 11 is 0. The van der Waals surface area contributed by atoms with Gasteiger partial charge in [-0.3, -0.25) is 4.90 Å². The smallest absolute Gasteiger partial charge is 0.0594 e. The van der Waals surface area contributed by atoms with Gasteiger partial charge >= 0.3 is 0 Å². The highest BCUT2D eigenvalue weighted by molar-refractivity contribution is 4.84. The minimum atomic E-state index is 0.415. The van der Waals surface area contributed by atoms with E-state index in [9.17, 15) is 0 Å². The Labute approximate surface area is 124 Å². The molecule has 2 rings (SSSR count). The molecule has 0 radical (unpaired) electrons. The summed E-state index contributed by atoms with van der Waals surface area (Å²) < 4.78 is 5.45. The summed E-state index contributed by atoms with van der Waals surface area (Å²) in [6, 6.07) is 0.774. The Morgan fingerprint density at radius 3 is 2.60 bits per heavy atom. The summed E-state index contributed by atoms with van der Waals surface area (Å²) in [5.41, 5.74) is 6.10. The van der Waals surface area contributed by atoms with Crippen LogP contribution in [0.4, 0.5) is 0 Å². The summed E-state index contributed by atoms with van der Waals surface area (Å²) in [5.74, 6) is 0. The third-order valence-corrected chi connectivity index (χ3v) is 4.96. The molecule has 0 saturated carbocycles. The molecule has 2 heterocycles. The maximum atomic E-state index is 5.68. The van der Waals surface area contributed by atoms with Crippen LogP contribution >= 0.6 is 0 Å². The first kappa shape index (κ1) is 16.2. The minimum Gasteiger partial charge on any atom is -0.379 e. The number of rotatable bonds is 7. The van der Waals surface area contributed by atoms with Gasteiger partial charge in [0, 0.05) is 25.7 Å². The summed E-state index contributed by atoms with van der Waals surface area (Å²) in [5, 5.41) is 0. The predicted octanol–water partition coefficient (Wildman–Crippen LogP) is 1.55. The number of nitrogens with two attached hydrogens (primary N) is 1. The van der Waals surface area contributed by atoms with Gasteiger partial charge in [-0.1, -0.05) is 13.8 Å². The van der Waals surface area contributed by atoms with Gasteiger partial charge in [0.1, 0.15) is 0 Å². The predicted molar refractivity (Wildman–Crippen MR) is 83.9 cm³/mol. The van der Waals surface area contributed by atoms with E-state index >= 15 is 0 Å². The molecule has 2 saturated heterocycles. The van der Waals surface area contributed by atoms with Crippen LogP contribution in [0.1, 0.15) is 39.5 Å². The van der Waals surface area contributed by atoms with Crippen molar-refractivity contribution in [1.82, 2.24) is 9.80 Å². The third kappa shape index (κ3) is 4.99. The van der Waals surface area contributed by atoms with E-state index in [1.54, 1.807) is 0 Å². The van der Waals surface area contributed by atoms with E-state index in [4.69, 9.17) is 10.5 Å². The lowest BCUT2D eigenvalue weighted by atomic mass is 9.84. The summed E-state index contributed by atoms with van der Waals surface area (Å²) in [6.07, 6.45) is 5.08. The van der Waals surface area contributed by atoms with Gasteiger partial charge in [0.2, 0.25) is 0 Å². The number of hydrogen-bond donors (Lipinski definition) is 1. The van der Waals surface area contributed by atoms with Crippen molar-refractivity contribution in [3.8, 4) is 0 Å². The molecule has 2 N–H and O–H groups in total. The molecule has 0 aromatic rings. The first-order valence-corrected chi connectivity index (χ1v) is 8.35. The molecule has 0 aromatic heterocycles. The van der Waals surface area contributed by atoms with Crippen molar-refractivity contribution in [2.45, 2.75) is 45.6 Å². The Bertz CT molecular complexity index is 277. The molecule has 118 valence electrons. The van der Waals surface area contributed by atoms with Crippen molar-refractivity contribution in [2.24, 2.45) is 11.1 Å². The topological polar surface area (TPSA) is 41.7 Å². The van der Waals surface area contributed by atoms with Crippen LogP contribution < -0.4 is 5.73 Å². The zero-order valence-corrected chi connectivity index (χ0v) is 13.4. The molecule has 20 heavy (non-hydrogen) atoms. The summed E-state index contributed by atoms with van der Waals surface area (Å²) in [7, 11) is 0. The zero-order valence-electron chi connectivity index (χ0n) is 13.4. The molecule has 0 bridgehead atoms. The van der Waals surface area contributed by atoms with Crippen molar-refractivity contribution in [3.05, 3.63) is 0 Å². The molecule has 0 spiro atoms. The van der Waals surface area contributed by atoms with E-state index in [0.29, 0.717) is 5.41 Å². The number of morpholine rings is 1. The summed E-state index contributed by atoms with van der Waals surface area (Å²) in [6.45, 7) is 13.4. The van der Waals surface area contributed by atoms with Crippen LogP contribution in [-0.2, 0) is 4.74 Å². The van der Waals surface area contributed by atoms with Crippen LogP contribution in [0.15, 0.2) is 0 Å². The average molecular weight is 283 g/mol. The quantitative estimate of drug-likeness (QED) is 0.770. The van der Waals surface area contributed by atoms with Crippen molar-refractivity contribution in [3.63, 3.8) is 0 Å². The molecule has 2 aliphatic heterocycles. The fourth-order valence-electron chi connectivity index (χ4n) is 3.55. The fraction of sp³-hybridized carbons (Fsp3) is 1.00. The van der Waals surface area contributed by atoms with E-state index < -0.39 is 0 Å². The SMILES string of the molecule is CC(C)(CCN)CCCN1CCC(N2CCOCC2)C1. The number of ether oxygens (including phenoxy) is 1. The largest absolute Gasteiger partial charge is 0.379 e. The molecular formula is C16H33N3O. The Morgan fingerprint density at radius 1 is 1.15 bits per heavy atom. The Morgan fingerprint density at radius 2 is 1.90 bits per heavy atom. The maximum absolute atomic E-state index is 5.68. The van der Waals surface area contributed by atoms with E-state index in [1.807, 2.05) is 0 Å². The van der Waals surface area contributed by atoms with E-state index in [2.05, 4.69) is 23.6 Å². The zero-order chi connectivity index (χ0) is 14.4. The minimum absolute atomic E-state index is 0.415. The van der Waals surface area contributed by atoms with Crippen molar-refractivity contribution in [2.75, 3.05) is 52.5 Å². The lowest BCUT2D eigenvalue weighted by Gasteiger charge is -2.32. The van der Waals surface area contributed by atoms with Gasteiger partial charge < -0.3 is 15.4 Å². The molecule has 2 aliphatic rings. The molecule has 0 amide bonds. The Balaban J connectivity index is 1.63. The molecule has 4 nitrogen and oxygen atoms in total. The molecular weight excluding hydrogens is 250 g/mol. The molecule has 1 atom stereocenters. The fourth-order valence-corrected chi connectivity index (χ4v) is 3.55. The average Bonchev–Trinajstić information content (AvgIpc) is 2.88. The number of hydrogen-bond acceptors (Lipinski definition) is 4. The normalized spacial score (nSPS) is 26.2. The summed E-state index contributed by atoms with van der Waals surface area (Å²) in [4.78, 5) is 5.28. The molecule has 2 fully saturated rings. The van der Waals surface area contributed by atoms with Gasteiger partial charge in [0.05, 0.1) is 13.2 Å². The van der Waals surface area contributed by atoms with Gasteiger partial charge in [-0.2, -0.15) is 0 Å². The van der Waals surface area contributed by atoms with Crippen LogP contribution in [0.25, 0.3) is 0 Å². The first-order chi connectivity index (χ1) is 9.61. The van der Waals surface area contributed by atoms with Gasteiger partial charge in [-0.15, -0.1) is 0 Å². The van der Waals surface area contributed by atoms with Crippen LogP contribution in [0.2, 0.25) is 0 Å². The van der Waals surface area contributed by atoms with Crippen LogP contribution in [0.3, 0.4) is 0 Å². The van der Waals surface area contributed by atoms with E-state index in [0.717, 1.165) is 45.3 Å². The Hall–Kier alpha value is -0.160. The van der Waals surface area contributed by atoms with Gasteiger partial charge in [0.25, 0.3) is 0 Å². The van der Waals surface area contributed by atoms with Crippen molar-refractivity contribution in [1.29, 1.82) is 0 Å². The van der Waals surface area contributed by atoms with Crippen molar-refractivity contribution < 1.29 is 4.74 Å². The molecule has 4 heteroatoms. The molecule has 0 aliphatic carbocycles. The third-order valence-electron chi connectivity index (χ3n) is 4.96. The van der Waals surface area contributed by atoms with Gasteiger partial charge in [-0.25, -0.2) is 0 Å². The van der Waals surface area contributed by atoms with Gasteiger partial charge in [-0.05, 0) is 50.7 Å². The second kappa shape index (κ2) is 7.74. The van der Waals surface area contributed by atoms with Gasteiger partial charge in [0.15, 0.2) is 0 Å². The maximum Gasteiger partial charge on any atom is 0.0594 e. The monoisotopic (exact) mass is 283 g/mol. The lowest BCUT2D eigenvalue weighted by Crippen LogP contribution is -2.44. The second-order valence-corrected chi connectivity index (χ2v) is 7.20. The number of likely N-dealkylation sites (tertiary alicyclic amines) is 1. The standard InChI is InChI=1S/C16H33N3O/c1-16(2,6-7-17)5-3-8-18-9-4-15(14-18)19-10-12-20-13-11-19/h15H,3-14,17H2,1-2H3. The van der Waals surface area contributed by atoms with Crippen molar-refractivity contribution >= 4 is 0 Å². The molecule has 1 unspecified atom stereocenters. The van der Waals surface area contributed by atoms with E-state index in [1.165, 1.54) is 38.9 Å². The van der Waals surface area contributed by atoms with E-state index in [-0.39, 0.29) is 0 Å². The molecule has 0 aromatic carbocycles. The highest BCUT2D eigenvalue weighted by Crippen LogP contribution is 2.26. The Kier molecular flexibility index (Phi) is 6.27. The number of nitrogens with zero attached hydrogens (tertiary/aromatic N) is 2. The second-order valence-electron chi connectivity index (χ2n) is 7.20. The first-order valence-electron chi connectivity index (χ1n) is 8.35. The van der Waals surface area contributed by atoms with Crippen LogP contribution in [0.5, 0.6) is 0 Å². The van der Waals surface area contributed by atoms with Crippen LogP contribution in [0, 0.1) is 5.41 Å².